The van der Waals surface area contributed by atoms with Crippen LogP contribution in [0.2, 0.25) is 0 Å². The van der Waals surface area contributed by atoms with Crippen LogP contribution in [-0.4, -0.2) is 44.0 Å². The lowest BCUT2D eigenvalue weighted by atomic mass is 10.0. The quantitative estimate of drug-likeness (QED) is 0.753. The fourth-order valence-corrected chi connectivity index (χ4v) is 2.76. The Morgan fingerprint density at radius 2 is 1.90 bits per heavy atom. The highest BCUT2D eigenvalue weighted by Gasteiger charge is 2.15. The van der Waals surface area contributed by atoms with E-state index in [4.69, 9.17) is 10.2 Å². The molecule has 118 valence electrons. The third-order valence-electron chi connectivity index (χ3n) is 3.45. The number of sulfonamides is 1. The molecule has 0 aliphatic heterocycles. The standard InChI is InChI=1S/C14H22N2O4S/c1-3-16(4-2)9-5-6-11-10-12(21(15,19)20)7-8-13(11)14(17)18/h7-8,10H,3-6,9H2,1-2H3,(H,17,18)(H2,15,19,20). The molecule has 0 aliphatic rings. The summed E-state index contributed by atoms with van der Waals surface area (Å²) in [6.07, 6.45) is 1.26. The molecule has 1 rings (SSSR count). The maximum atomic E-state index is 11.4. The molecule has 7 heteroatoms. The van der Waals surface area contributed by atoms with Gasteiger partial charge in [-0.2, -0.15) is 0 Å². The Labute approximate surface area is 125 Å². The maximum Gasteiger partial charge on any atom is 0.335 e. The summed E-state index contributed by atoms with van der Waals surface area (Å²) >= 11 is 0. The monoisotopic (exact) mass is 314 g/mol. The molecule has 0 bridgehead atoms. The number of carbonyl (C=O) groups is 1. The Hall–Kier alpha value is -1.44. The van der Waals surface area contributed by atoms with Gasteiger partial charge in [-0.25, -0.2) is 18.4 Å². The molecule has 0 aliphatic carbocycles. The molecule has 0 spiro atoms. The first-order valence-electron chi connectivity index (χ1n) is 6.91. The summed E-state index contributed by atoms with van der Waals surface area (Å²) in [5.41, 5.74) is 0.628. The Kier molecular flexibility index (Phi) is 6.32. The summed E-state index contributed by atoms with van der Waals surface area (Å²) in [7, 11) is -3.82. The molecule has 0 saturated heterocycles. The van der Waals surface area contributed by atoms with Crippen molar-refractivity contribution in [2.24, 2.45) is 5.14 Å². The van der Waals surface area contributed by atoms with Crippen molar-refractivity contribution in [3.05, 3.63) is 29.3 Å². The van der Waals surface area contributed by atoms with Crippen molar-refractivity contribution >= 4 is 16.0 Å². The number of hydrogen-bond acceptors (Lipinski definition) is 4. The molecule has 0 fully saturated rings. The Bertz CT molecular complexity index is 595. The van der Waals surface area contributed by atoms with Crippen LogP contribution < -0.4 is 5.14 Å². The van der Waals surface area contributed by atoms with Gasteiger partial charge < -0.3 is 10.0 Å². The lowest BCUT2D eigenvalue weighted by Gasteiger charge is -2.18. The van der Waals surface area contributed by atoms with Gasteiger partial charge in [0, 0.05) is 0 Å². The number of aryl methyl sites for hydroxylation is 1. The van der Waals surface area contributed by atoms with Gasteiger partial charge in [0.2, 0.25) is 10.0 Å². The number of nitrogens with zero attached hydrogens (tertiary/aromatic N) is 1. The van der Waals surface area contributed by atoms with Crippen molar-refractivity contribution in [1.29, 1.82) is 0 Å². The van der Waals surface area contributed by atoms with E-state index in [1.165, 1.54) is 18.2 Å². The van der Waals surface area contributed by atoms with Crippen LogP contribution in [0.3, 0.4) is 0 Å². The molecular formula is C14H22N2O4S. The molecule has 0 radical (unpaired) electrons. The largest absolute Gasteiger partial charge is 0.478 e. The van der Waals surface area contributed by atoms with Crippen LogP contribution in [0.25, 0.3) is 0 Å². The summed E-state index contributed by atoms with van der Waals surface area (Å²) in [4.78, 5) is 13.4. The number of carboxylic acid groups (broad SMARTS) is 1. The number of aromatic carboxylic acids is 1. The molecule has 21 heavy (non-hydrogen) atoms. The van der Waals surface area contributed by atoms with E-state index in [0.29, 0.717) is 12.0 Å². The zero-order chi connectivity index (χ0) is 16.0. The Morgan fingerprint density at radius 3 is 2.38 bits per heavy atom. The van der Waals surface area contributed by atoms with Crippen LogP contribution in [0.4, 0.5) is 0 Å². The molecule has 0 saturated carbocycles. The predicted octanol–water partition coefficient (Wildman–Crippen LogP) is 1.31. The average Bonchev–Trinajstić information content (AvgIpc) is 2.42. The van der Waals surface area contributed by atoms with E-state index in [2.05, 4.69) is 18.7 Å². The summed E-state index contributed by atoms with van der Waals surface area (Å²) in [6, 6.07) is 3.89. The van der Waals surface area contributed by atoms with E-state index in [0.717, 1.165) is 26.1 Å². The van der Waals surface area contributed by atoms with Gasteiger partial charge in [-0.15, -0.1) is 0 Å². The first-order valence-corrected chi connectivity index (χ1v) is 8.45. The molecule has 6 nitrogen and oxygen atoms in total. The minimum Gasteiger partial charge on any atom is -0.478 e. The number of nitrogens with two attached hydrogens (primary N) is 1. The molecule has 0 aromatic heterocycles. The maximum absolute atomic E-state index is 11.4. The smallest absolute Gasteiger partial charge is 0.335 e. The van der Waals surface area contributed by atoms with Gasteiger partial charge in [0.25, 0.3) is 0 Å². The minimum atomic E-state index is -3.82. The first-order chi connectivity index (χ1) is 9.79. The van der Waals surface area contributed by atoms with Crippen molar-refractivity contribution in [2.45, 2.75) is 31.6 Å². The first kappa shape index (κ1) is 17.6. The van der Waals surface area contributed by atoms with Gasteiger partial charge in [0.1, 0.15) is 0 Å². The van der Waals surface area contributed by atoms with E-state index >= 15 is 0 Å². The van der Waals surface area contributed by atoms with Crippen LogP contribution in [-0.2, 0) is 16.4 Å². The van der Waals surface area contributed by atoms with Crippen molar-refractivity contribution < 1.29 is 18.3 Å². The van der Waals surface area contributed by atoms with Gasteiger partial charge in [-0.1, -0.05) is 13.8 Å². The lowest BCUT2D eigenvalue weighted by molar-refractivity contribution is 0.0695. The Balaban J connectivity index is 2.94. The van der Waals surface area contributed by atoms with Gasteiger partial charge in [-0.3, -0.25) is 0 Å². The summed E-state index contributed by atoms with van der Waals surface area (Å²) < 4.78 is 22.7. The molecule has 0 atom stereocenters. The molecule has 0 amide bonds. The van der Waals surface area contributed by atoms with Crippen LogP contribution in [0.15, 0.2) is 23.1 Å². The fraction of sp³-hybridized carbons (Fsp3) is 0.500. The Morgan fingerprint density at radius 1 is 1.29 bits per heavy atom. The average molecular weight is 314 g/mol. The third kappa shape index (κ3) is 5.11. The van der Waals surface area contributed by atoms with Gasteiger partial charge in [-0.05, 0) is 56.2 Å². The van der Waals surface area contributed by atoms with Crippen molar-refractivity contribution in [3.8, 4) is 0 Å². The fourth-order valence-electron chi connectivity index (χ4n) is 2.20. The molecular weight excluding hydrogens is 292 g/mol. The highest BCUT2D eigenvalue weighted by atomic mass is 32.2. The van der Waals surface area contributed by atoms with Crippen molar-refractivity contribution in [3.63, 3.8) is 0 Å². The van der Waals surface area contributed by atoms with Crippen LogP contribution in [0.1, 0.15) is 36.2 Å². The van der Waals surface area contributed by atoms with E-state index in [9.17, 15) is 13.2 Å². The second kappa shape index (κ2) is 7.53. The predicted molar refractivity (Wildman–Crippen MR) is 80.9 cm³/mol. The van der Waals surface area contributed by atoms with E-state index in [-0.39, 0.29) is 10.5 Å². The minimum absolute atomic E-state index is 0.0506. The number of primary sulfonamides is 1. The second-order valence-electron chi connectivity index (χ2n) is 4.80. The van der Waals surface area contributed by atoms with E-state index in [1.807, 2.05) is 0 Å². The number of hydrogen-bond donors (Lipinski definition) is 2. The van der Waals surface area contributed by atoms with E-state index < -0.39 is 16.0 Å². The zero-order valence-corrected chi connectivity index (χ0v) is 13.2. The summed E-state index contributed by atoms with van der Waals surface area (Å²) in [5.74, 6) is -1.06. The number of carboxylic acids is 1. The topological polar surface area (TPSA) is 101 Å². The van der Waals surface area contributed by atoms with Crippen molar-refractivity contribution in [1.82, 2.24) is 4.90 Å². The molecule has 0 heterocycles. The number of benzene rings is 1. The number of rotatable bonds is 8. The van der Waals surface area contributed by atoms with Crippen LogP contribution in [0.5, 0.6) is 0 Å². The second-order valence-corrected chi connectivity index (χ2v) is 6.36. The van der Waals surface area contributed by atoms with Gasteiger partial charge in [0.15, 0.2) is 0 Å². The van der Waals surface area contributed by atoms with Gasteiger partial charge >= 0.3 is 5.97 Å². The van der Waals surface area contributed by atoms with Crippen LogP contribution >= 0.6 is 0 Å². The highest BCUT2D eigenvalue weighted by molar-refractivity contribution is 7.89. The summed E-state index contributed by atoms with van der Waals surface area (Å²) in [6.45, 7) is 6.83. The van der Waals surface area contributed by atoms with Gasteiger partial charge in [0.05, 0.1) is 10.5 Å². The highest BCUT2D eigenvalue weighted by Crippen LogP contribution is 2.17. The van der Waals surface area contributed by atoms with Crippen LogP contribution in [0, 0.1) is 0 Å². The zero-order valence-electron chi connectivity index (χ0n) is 12.4. The lowest BCUT2D eigenvalue weighted by Crippen LogP contribution is -2.24. The van der Waals surface area contributed by atoms with E-state index in [1.54, 1.807) is 0 Å². The normalized spacial score (nSPS) is 11.8. The SMILES string of the molecule is CCN(CC)CCCc1cc(S(N)(=O)=O)ccc1C(=O)O. The molecule has 3 N–H and O–H groups in total. The van der Waals surface area contributed by atoms with Crippen molar-refractivity contribution in [2.75, 3.05) is 19.6 Å². The molecule has 1 aromatic carbocycles. The third-order valence-corrected chi connectivity index (χ3v) is 4.36. The molecule has 0 unspecified atom stereocenters. The summed E-state index contributed by atoms with van der Waals surface area (Å²) in [5, 5.41) is 14.3. The molecule has 1 aromatic rings.